The van der Waals surface area contributed by atoms with Gasteiger partial charge in [-0.2, -0.15) is 4.52 Å². The number of rotatable bonds is 1. The number of hydrogen-bond acceptors (Lipinski definition) is 5. The highest BCUT2D eigenvalue weighted by atomic mass is 31.1. The molecule has 1 rings (SSSR count). The van der Waals surface area contributed by atoms with Crippen LogP contribution in [0, 0.1) is 0 Å². The first-order chi connectivity index (χ1) is 5.20. The van der Waals surface area contributed by atoms with Gasteiger partial charge >= 0.3 is 14.3 Å². The third kappa shape index (κ3) is 2.42. The van der Waals surface area contributed by atoms with Gasteiger partial charge in [0.2, 0.25) is 0 Å². The summed E-state index contributed by atoms with van der Waals surface area (Å²) in [4.78, 5) is 21.9. The molecule has 0 aromatic rings. The molecule has 1 aliphatic rings. The molecule has 11 heavy (non-hydrogen) atoms. The van der Waals surface area contributed by atoms with Crippen molar-refractivity contribution in [1.29, 1.82) is 0 Å². The first-order valence-corrected chi connectivity index (χ1v) is 4.11. The van der Waals surface area contributed by atoms with E-state index in [1.165, 1.54) is 4.90 Å². The number of hydrogen-bond donors (Lipinski definition) is 1. The summed E-state index contributed by atoms with van der Waals surface area (Å²) in [5.41, 5.74) is 0. The van der Waals surface area contributed by atoms with Gasteiger partial charge in [0.25, 0.3) is 0 Å². The molecule has 0 aromatic carbocycles. The highest BCUT2D eigenvalue weighted by Gasteiger charge is 2.23. The minimum Gasteiger partial charge on any atom is -0.558 e. The second-order valence-corrected chi connectivity index (χ2v) is 2.63. The summed E-state index contributed by atoms with van der Waals surface area (Å²) in [6.07, 6.45) is -0.814. The van der Waals surface area contributed by atoms with E-state index in [2.05, 4.69) is 9.84 Å². The van der Waals surface area contributed by atoms with Crippen LogP contribution in [0.15, 0.2) is 0 Å². The maximum absolute atomic E-state index is 10.7. The van der Waals surface area contributed by atoms with Crippen molar-refractivity contribution in [3.63, 3.8) is 0 Å². The molecule has 1 fully saturated rings. The number of amides is 1. The SMILES string of the molecule is O=C(O[P+](=O)[O-])N1CCNC1. The van der Waals surface area contributed by atoms with Crippen molar-refractivity contribution in [3.8, 4) is 0 Å². The lowest BCUT2D eigenvalue weighted by molar-refractivity contribution is -0.181. The Morgan fingerprint density at radius 3 is 2.91 bits per heavy atom. The smallest absolute Gasteiger partial charge is 0.544 e. The molecule has 0 saturated carbocycles. The van der Waals surface area contributed by atoms with Crippen LogP contribution in [0.1, 0.15) is 0 Å². The number of nitrogens with zero attached hydrogens (tertiary/aromatic N) is 1. The number of carbonyl (C=O) groups excluding carboxylic acids is 1. The summed E-state index contributed by atoms with van der Waals surface area (Å²) in [6.45, 7) is 1.51. The van der Waals surface area contributed by atoms with E-state index in [0.29, 0.717) is 19.8 Å². The fourth-order valence-corrected chi connectivity index (χ4v) is 1.03. The molecular formula is C4H7N2O4P. The molecule has 6 nitrogen and oxygen atoms in total. The number of carbonyl (C=O) groups is 1. The summed E-state index contributed by atoms with van der Waals surface area (Å²) in [5, 5.41) is 2.85. The molecule has 62 valence electrons. The molecule has 0 bridgehead atoms. The van der Waals surface area contributed by atoms with E-state index in [1.54, 1.807) is 0 Å². The van der Waals surface area contributed by atoms with Gasteiger partial charge in [-0.15, -0.1) is 0 Å². The van der Waals surface area contributed by atoms with Gasteiger partial charge in [-0.05, 0) is 4.57 Å². The van der Waals surface area contributed by atoms with E-state index in [9.17, 15) is 14.3 Å². The summed E-state index contributed by atoms with van der Waals surface area (Å²) >= 11 is 0. The van der Waals surface area contributed by atoms with Gasteiger partial charge in [-0.3, -0.25) is 10.2 Å². The van der Waals surface area contributed by atoms with Crippen molar-refractivity contribution in [2.24, 2.45) is 0 Å². The Labute approximate surface area is 64.1 Å². The quantitative estimate of drug-likeness (QED) is 0.521. The van der Waals surface area contributed by atoms with Gasteiger partial charge < -0.3 is 4.89 Å². The van der Waals surface area contributed by atoms with E-state index in [1.807, 2.05) is 0 Å². The zero-order chi connectivity index (χ0) is 8.27. The molecule has 1 heterocycles. The van der Waals surface area contributed by atoms with Crippen LogP contribution >= 0.6 is 8.25 Å². The lowest BCUT2D eigenvalue weighted by Crippen LogP contribution is -2.29. The topological polar surface area (TPSA) is 81.7 Å². The second-order valence-electron chi connectivity index (χ2n) is 2.00. The third-order valence-electron chi connectivity index (χ3n) is 1.27. The molecular weight excluding hydrogens is 171 g/mol. The van der Waals surface area contributed by atoms with E-state index in [0.717, 1.165) is 0 Å². The normalized spacial score (nSPS) is 18.3. The van der Waals surface area contributed by atoms with E-state index in [4.69, 9.17) is 0 Å². The van der Waals surface area contributed by atoms with Gasteiger partial charge in [0, 0.05) is 13.1 Å². The lowest BCUT2D eigenvalue weighted by Gasteiger charge is -2.07. The van der Waals surface area contributed by atoms with Crippen LogP contribution in [0.3, 0.4) is 0 Å². The third-order valence-corrected chi connectivity index (χ3v) is 1.58. The van der Waals surface area contributed by atoms with Gasteiger partial charge in [-0.1, -0.05) is 0 Å². The highest BCUT2D eigenvalue weighted by Crippen LogP contribution is 2.11. The molecule has 0 spiro atoms. The van der Waals surface area contributed by atoms with Gasteiger partial charge in [-0.25, -0.2) is 4.79 Å². The fourth-order valence-electron chi connectivity index (χ4n) is 0.784. The van der Waals surface area contributed by atoms with Crippen LogP contribution in [0.4, 0.5) is 4.79 Å². The Kier molecular flexibility index (Phi) is 2.76. The van der Waals surface area contributed by atoms with E-state index < -0.39 is 14.3 Å². The van der Waals surface area contributed by atoms with Gasteiger partial charge in [0.15, 0.2) is 0 Å². The van der Waals surface area contributed by atoms with E-state index in [-0.39, 0.29) is 0 Å². The molecule has 1 atom stereocenters. The first-order valence-electron chi connectivity index (χ1n) is 3.02. The van der Waals surface area contributed by atoms with Crippen LogP contribution in [0.25, 0.3) is 0 Å². The van der Waals surface area contributed by atoms with Gasteiger partial charge in [0.1, 0.15) is 0 Å². The molecule has 1 aliphatic heterocycles. The van der Waals surface area contributed by atoms with E-state index >= 15 is 0 Å². The van der Waals surface area contributed by atoms with Crippen molar-refractivity contribution >= 4 is 14.3 Å². The molecule has 7 heteroatoms. The predicted molar refractivity (Wildman–Crippen MR) is 33.7 cm³/mol. The Morgan fingerprint density at radius 2 is 2.45 bits per heavy atom. The van der Waals surface area contributed by atoms with Gasteiger partial charge in [0.05, 0.1) is 6.67 Å². The van der Waals surface area contributed by atoms with Crippen LogP contribution in [-0.2, 0) is 9.09 Å². The molecule has 1 saturated heterocycles. The molecule has 0 aliphatic carbocycles. The standard InChI is InChI=1S/C4H7N2O4P/c7-4(10-11(8)9)6-2-1-5-3-6/h5H,1-3H2. The Morgan fingerprint density at radius 1 is 1.73 bits per heavy atom. The van der Waals surface area contributed by atoms with Crippen molar-refractivity contribution in [2.45, 2.75) is 0 Å². The Hall–Kier alpha value is -0.710. The second kappa shape index (κ2) is 3.61. The van der Waals surface area contributed by atoms with Crippen molar-refractivity contribution in [2.75, 3.05) is 19.8 Å². The van der Waals surface area contributed by atoms with Crippen LogP contribution in [-0.4, -0.2) is 30.8 Å². The minimum absolute atomic E-state index is 0.349. The Bertz CT molecular complexity index is 179. The zero-order valence-electron chi connectivity index (χ0n) is 5.65. The average molecular weight is 178 g/mol. The summed E-state index contributed by atoms with van der Waals surface area (Å²) < 4.78 is 13.8. The fraction of sp³-hybridized carbons (Fsp3) is 0.750. The molecule has 0 radical (unpaired) electrons. The largest absolute Gasteiger partial charge is 0.558 e. The summed E-state index contributed by atoms with van der Waals surface area (Å²) in [7, 11) is -3.07. The molecule has 1 N–H and O–H groups in total. The molecule has 1 amide bonds. The van der Waals surface area contributed by atoms with Crippen LogP contribution in [0.5, 0.6) is 0 Å². The minimum atomic E-state index is -3.07. The summed E-state index contributed by atoms with van der Waals surface area (Å²) in [5.74, 6) is 0. The van der Waals surface area contributed by atoms with Crippen molar-refractivity contribution < 1.29 is 18.8 Å². The average Bonchev–Trinajstić information content (AvgIpc) is 2.35. The molecule has 1 unspecified atom stereocenters. The predicted octanol–water partition coefficient (Wildman–Crippen LogP) is -0.997. The zero-order valence-corrected chi connectivity index (χ0v) is 6.54. The Balaban J connectivity index is 2.34. The molecule has 0 aromatic heterocycles. The van der Waals surface area contributed by atoms with Crippen LogP contribution < -0.4 is 10.2 Å². The first kappa shape index (κ1) is 8.39. The van der Waals surface area contributed by atoms with Crippen LogP contribution in [0.2, 0.25) is 0 Å². The maximum atomic E-state index is 10.7. The number of nitrogens with one attached hydrogen (secondary N) is 1. The monoisotopic (exact) mass is 178 g/mol. The lowest BCUT2D eigenvalue weighted by atomic mass is 10.6. The van der Waals surface area contributed by atoms with Crippen molar-refractivity contribution in [1.82, 2.24) is 10.2 Å². The highest BCUT2D eigenvalue weighted by molar-refractivity contribution is 7.31. The summed E-state index contributed by atoms with van der Waals surface area (Å²) in [6, 6.07) is 0. The van der Waals surface area contributed by atoms with Crippen molar-refractivity contribution in [3.05, 3.63) is 0 Å². The maximum Gasteiger partial charge on any atom is 0.544 e.